The van der Waals surface area contributed by atoms with Gasteiger partial charge in [-0.25, -0.2) is 0 Å². The van der Waals surface area contributed by atoms with Crippen molar-refractivity contribution >= 4 is 0 Å². The predicted molar refractivity (Wildman–Crippen MR) is 96.0 cm³/mol. The molecular formula is C20H32N2O2+2. The lowest BCUT2D eigenvalue weighted by atomic mass is 9.94. The Hall–Kier alpha value is -1.52. The molecule has 1 atom stereocenters. The molecule has 0 aromatic heterocycles. The van der Waals surface area contributed by atoms with Crippen molar-refractivity contribution in [3.05, 3.63) is 35.9 Å². The van der Waals surface area contributed by atoms with Crippen molar-refractivity contribution in [2.24, 2.45) is 5.92 Å². The summed E-state index contributed by atoms with van der Waals surface area (Å²) in [6, 6.07) is 6.20. The summed E-state index contributed by atoms with van der Waals surface area (Å²) < 4.78 is 11.0. The lowest BCUT2D eigenvalue weighted by Gasteiger charge is -2.32. The van der Waals surface area contributed by atoms with E-state index in [9.17, 15) is 0 Å². The van der Waals surface area contributed by atoms with Gasteiger partial charge >= 0.3 is 0 Å². The molecule has 1 aromatic rings. The largest absolute Gasteiger partial charge is 0.493 e. The van der Waals surface area contributed by atoms with E-state index < -0.39 is 0 Å². The van der Waals surface area contributed by atoms with Crippen molar-refractivity contribution in [1.82, 2.24) is 0 Å². The third-order valence-electron chi connectivity index (χ3n) is 5.54. The Balaban J connectivity index is 1.51. The van der Waals surface area contributed by atoms with Gasteiger partial charge in [0.15, 0.2) is 11.5 Å². The van der Waals surface area contributed by atoms with Crippen LogP contribution in [0.4, 0.5) is 0 Å². The van der Waals surface area contributed by atoms with Gasteiger partial charge in [0, 0.05) is 5.92 Å². The second kappa shape index (κ2) is 8.54. The number of piperazine rings is 1. The Morgan fingerprint density at radius 2 is 1.79 bits per heavy atom. The van der Waals surface area contributed by atoms with Crippen LogP contribution in [0.25, 0.3) is 0 Å². The highest BCUT2D eigenvalue weighted by molar-refractivity contribution is 5.46. The lowest BCUT2D eigenvalue weighted by Crippen LogP contribution is -3.27. The van der Waals surface area contributed by atoms with E-state index in [-0.39, 0.29) is 0 Å². The molecule has 3 rings (SSSR count). The fourth-order valence-electron chi connectivity index (χ4n) is 4.15. The molecule has 0 saturated carbocycles. The molecule has 2 N–H and O–H groups in total. The number of quaternary nitrogens is 2. The van der Waals surface area contributed by atoms with Gasteiger partial charge in [0.05, 0.1) is 26.3 Å². The first-order valence-corrected chi connectivity index (χ1v) is 9.32. The fourth-order valence-corrected chi connectivity index (χ4v) is 4.15. The van der Waals surface area contributed by atoms with Crippen molar-refractivity contribution < 1.29 is 19.3 Å². The molecule has 1 heterocycles. The van der Waals surface area contributed by atoms with E-state index >= 15 is 0 Å². The molecule has 4 nitrogen and oxygen atoms in total. The van der Waals surface area contributed by atoms with Crippen LogP contribution in [0.5, 0.6) is 11.5 Å². The first-order valence-electron chi connectivity index (χ1n) is 9.32. The quantitative estimate of drug-likeness (QED) is 0.736. The number of hydrogen-bond donors (Lipinski definition) is 2. The van der Waals surface area contributed by atoms with Crippen molar-refractivity contribution in [3.8, 4) is 11.5 Å². The minimum atomic E-state index is 0.837. The third kappa shape index (κ3) is 4.31. The molecule has 0 bridgehead atoms. The highest BCUT2D eigenvalue weighted by Gasteiger charge is 2.26. The van der Waals surface area contributed by atoms with Crippen LogP contribution in [0.15, 0.2) is 30.4 Å². The van der Waals surface area contributed by atoms with Crippen LogP contribution in [-0.4, -0.2) is 46.9 Å². The Labute approximate surface area is 146 Å². The fraction of sp³-hybridized carbons (Fsp3) is 0.600. The summed E-state index contributed by atoms with van der Waals surface area (Å²) in [5.74, 6) is 2.64. The molecule has 1 aromatic carbocycles. The summed E-state index contributed by atoms with van der Waals surface area (Å²) in [5, 5.41) is 0. The second-order valence-corrected chi connectivity index (χ2v) is 7.18. The number of methoxy groups -OCH3 is 2. The summed E-state index contributed by atoms with van der Waals surface area (Å²) in [6.07, 6.45) is 8.68. The number of nitrogens with one attached hydrogen (secondary N) is 2. The third-order valence-corrected chi connectivity index (χ3v) is 5.54. The smallest absolute Gasteiger partial charge is 0.169 e. The molecule has 1 aliphatic heterocycles. The molecule has 0 amide bonds. The van der Waals surface area contributed by atoms with E-state index in [1.807, 2.05) is 6.07 Å². The Morgan fingerprint density at radius 1 is 1.00 bits per heavy atom. The predicted octanol–water partition coefficient (Wildman–Crippen LogP) is 0.344. The topological polar surface area (TPSA) is 27.3 Å². The zero-order valence-corrected chi connectivity index (χ0v) is 15.1. The van der Waals surface area contributed by atoms with Gasteiger partial charge in [-0.15, -0.1) is 0 Å². The van der Waals surface area contributed by atoms with Crippen LogP contribution in [0.1, 0.15) is 24.8 Å². The van der Waals surface area contributed by atoms with Crippen LogP contribution in [0.3, 0.4) is 0 Å². The number of rotatable bonds is 6. The Morgan fingerprint density at radius 3 is 2.46 bits per heavy atom. The zero-order chi connectivity index (χ0) is 16.8. The van der Waals surface area contributed by atoms with Crippen LogP contribution >= 0.6 is 0 Å². The normalized spacial score (nSPS) is 27.0. The molecule has 1 unspecified atom stereocenters. The van der Waals surface area contributed by atoms with Crippen LogP contribution < -0.4 is 19.3 Å². The van der Waals surface area contributed by atoms with Gasteiger partial charge in [-0.1, -0.05) is 18.2 Å². The van der Waals surface area contributed by atoms with E-state index in [1.165, 1.54) is 57.5 Å². The van der Waals surface area contributed by atoms with Gasteiger partial charge in [-0.05, 0) is 31.4 Å². The molecule has 1 aliphatic carbocycles. The molecule has 1 saturated heterocycles. The van der Waals surface area contributed by atoms with E-state index in [4.69, 9.17) is 9.47 Å². The lowest BCUT2D eigenvalue weighted by molar-refractivity contribution is -1.02. The van der Waals surface area contributed by atoms with Gasteiger partial charge in [0.25, 0.3) is 0 Å². The zero-order valence-electron chi connectivity index (χ0n) is 15.1. The van der Waals surface area contributed by atoms with Gasteiger partial charge in [-0.3, -0.25) is 0 Å². The Bertz CT molecular complexity index is 551. The summed E-state index contributed by atoms with van der Waals surface area (Å²) in [4.78, 5) is 3.46. The monoisotopic (exact) mass is 332 g/mol. The van der Waals surface area contributed by atoms with Crippen LogP contribution in [-0.2, 0) is 6.54 Å². The number of allylic oxidation sites excluding steroid dienone is 2. The van der Waals surface area contributed by atoms with Crippen LogP contribution in [0, 0.1) is 5.92 Å². The summed E-state index contributed by atoms with van der Waals surface area (Å²) in [7, 11) is 3.44. The summed E-state index contributed by atoms with van der Waals surface area (Å²) in [5.41, 5.74) is 1.26. The molecule has 24 heavy (non-hydrogen) atoms. The Kier molecular flexibility index (Phi) is 6.16. The first-order chi connectivity index (χ1) is 11.8. The summed E-state index contributed by atoms with van der Waals surface area (Å²) in [6.45, 7) is 7.47. The molecular weight excluding hydrogens is 300 g/mol. The highest BCUT2D eigenvalue weighted by atomic mass is 16.5. The SMILES string of the molecule is COc1cccc(C[NH+]2CC[NH+](CC3CC=CCC3)CC2)c1OC. The molecule has 0 radical (unpaired) electrons. The van der Waals surface area contributed by atoms with Crippen molar-refractivity contribution in [1.29, 1.82) is 0 Å². The maximum absolute atomic E-state index is 5.58. The summed E-state index contributed by atoms with van der Waals surface area (Å²) >= 11 is 0. The van der Waals surface area contributed by atoms with E-state index in [0.29, 0.717) is 0 Å². The van der Waals surface area contributed by atoms with E-state index in [1.54, 1.807) is 24.0 Å². The van der Waals surface area contributed by atoms with Crippen molar-refractivity contribution in [3.63, 3.8) is 0 Å². The van der Waals surface area contributed by atoms with Crippen molar-refractivity contribution in [2.75, 3.05) is 46.9 Å². The molecule has 132 valence electrons. The van der Waals surface area contributed by atoms with Gasteiger partial charge in [0.2, 0.25) is 0 Å². The number of ether oxygens (including phenoxy) is 2. The number of para-hydroxylation sites is 1. The standard InChI is InChI=1S/C20H30N2O2/c1-23-19-10-6-9-18(20(19)24-2)16-22-13-11-21(12-14-22)15-17-7-4-3-5-8-17/h3-4,6,9-10,17H,5,7-8,11-16H2,1-2H3/p+2. The minimum Gasteiger partial charge on any atom is -0.493 e. The van der Waals surface area contributed by atoms with E-state index in [0.717, 1.165) is 24.0 Å². The molecule has 0 spiro atoms. The number of benzene rings is 1. The molecule has 4 heteroatoms. The van der Waals surface area contributed by atoms with Gasteiger partial charge < -0.3 is 19.3 Å². The van der Waals surface area contributed by atoms with E-state index in [2.05, 4.69) is 24.3 Å². The van der Waals surface area contributed by atoms with Crippen LogP contribution in [0.2, 0.25) is 0 Å². The maximum Gasteiger partial charge on any atom is 0.169 e. The molecule has 1 fully saturated rings. The highest BCUT2D eigenvalue weighted by Crippen LogP contribution is 2.30. The average Bonchev–Trinajstić information content (AvgIpc) is 2.64. The van der Waals surface area contributed by atoms with Gasteiger partial charge in [0.1, 0.15) is 32.7 Å². The maximum atomic E-state index is 5.58. The van der Waals surface area contributed by atoms with Crippen molar-refractivity contribution in [2.45, 2.75) is 25.8 Å². The van der Waals surface area contributed by atoms with Gasteiger partial charge in [-0.2, -0.15) is 0 Å². The first kappa shape index (κ1) is 17.3. The second-order valence-electron chi connectivity index (χ2n) is 7.18. The average molecular weight is 332 g/mol. The number of hydrogen-bond acceptors (Lipinski definition) is 2. The molecule has 2 aliphatic rings. The minimum absolute atomic E-state index is 0.837.